The highest BCUT2D eigenvalue weighted by molar-refractivity contribution is 4.94. The summed E-state index contributed by atoms with van der Waals surface area (Å²) in [4.78, 5) is 0. The van der Waals surface area contributed by atoms with Gasteiger partial charge in [0.2, 0.25) is 0 Å². The molecule has 0 aromatic rings. The van der Waals surface area contributed by atoms with Crippen molar-refractivity contribution >= 4 is 0 Å². The molecule has 1 atom stereocenters. The van der Waals surface area contributed by atoms with Gasteiger partial charge < -0.3 is 15.8 Å². The second-order valence-corrected chi connectivity index (χ2v) is 6.13. The average molecular weight is 224 g/mol. The van der Waals surface area contributed by atoms with Crippen LogP contribution < -0.4 is 11.1 Å². The maximum atomic E-state index is 6.24. The Morgan fingerprint density at radius 1 is 1.25 bits per heavy atom. The number of nitrogens with one attached hydrogen (secondary N) is 1. The maximum absolute atomic E-state index is 6.24. The van der Waals surface area contributed by atoms with E-state index < -0.39 is 0 Å². The third-order valence-electron chi connectivity index (χ3n) is 4.45. The van der Waals surface area contributed by atoms with Crippen LogP contribution in [0.3, 0.4) is 0 Å². The molecule has 2 saturated carbocycles. The van der Waals surface area contributed by atoms with E-state index in [1.165, 1.54) is 32.2 Å². The number of ether oxygens (including phenoxy) is 1. The van der Waals surface area contributed by atoms with E-state index in [0.717, 1.165) is 43.9 Å². The molecule has 0 aromatic heterocycles. The van der Waals surface area contributed by atoms with Crippen LogP contribution in [0, 0.1) is 17.8 Å². The summed E-state index contributed by atoms with van der Waals surface area (Å²) < 4.78 is 5.37. The topological polar surface area (TPSA) is 47.3 Å². The molecular weight excluding hydrogens is 200 g/mol. The van der Waals surface area contributed by atoms with Gasteiger partial charge in [-0.05, 0) is 56.4 Å². The van der Waals surface area contributed by atoms with Crippen LogP contribution in [0.15, 0.2) is 0 Å². The summed E-state index contributed by atoms with van der Waals surface area (Å²) in [5, 5.41) is 3.61. The molecule has 1 aliphatic heterocycles. The van der Waals surface area contributed by atoms with Gasteiger partial charge >= 0.3 is 0 Å². The summed E-state index contributed by atoms with van der Waals surface area (Å²) in [5.74, 6) is 3.02. The van der Waals surface area contributed by atoms with Gasteiger partial charge in [0.05, 0.1) is 12.1 Å². The van der Waals surface area contributed by atoms with Crippen molar-refractivity contribution in [3.8, 4) is 0 Å². The van der Waals surface area contributed by atoms with Crippen molar-refractivity contribution < 1.29 is 4.74 Å². The van der Waals surface area contributed by atoms with Gasteiger partial charge in [0, 0.05) is 13.2 Å². The van der Waals surface area contributed by atoms with Gasteiger partial charge in [-0.2, -0.15) is 0 Å². The molecule has 1 unspecified atom stereocenters. The second kappa shape index (κ2) is 4.28. The Morgan fingerprint density at radius 2 is 1.94 bits per heavy atom. The lowest BCUT2D eigenvalue weighted by molar-refractivity contribution is 0.176. The lowest BCUT2D eigenvalue weighted by Crippen LogP contribution is -2.50. The molecule has 3 aliphatic rings. The van der Waals surface area contributed by atoms with Crippen molar-refractivity contribution in [2.45, 2.75) is 37.6 Å². The quantitative estimate of drug-likeness (QED) is 0.711. The maximum Gasteiger partial charge on any atom is 0.0659 e. The molecule has 3 nitrogen and oxygen atoms in total. The van der Waals surface area contributed by atoms with Crippen molar-refractivity contribution in [1.82, 2.24) is 5.32 Å². The Kier molecular flexibility index (Phi) is 2.94. The van der Waals surface area contributed by atoms with Crippen molar-refractivity contribution in [2.75, 3.05) is 26.3 Å². The monoisotopic (exact) mass is 224 g/mol. The highest BCUT2D eigenvalue weighted by Crippen LogP contribution is 2.48. The van der Waals surface area contributed by atoms with Crippen LogP contribution >= 0.6 is 0 Å². The predicted molar refractivity (Wildman–Crippen MR) is 64.2 cm³/mol. The Hall–Kier alpha value is -0.120. The molecular formula is C13H24N2O. The van der Waals surface area contributed by atoms with Gasteiger partial charge in [-0.1, -0.05) is 0 Å². The molecule has 16 heavy (non-hydrogen) atoms. The van der Waals surface area contributed by atoms with Crippen molar-refractivity contribution in [2.24, 2.45) is 23.5 Å². The SMILES string of the molecule is NC1(CNCC(C2CC2)C2CC2)CCOC1. The van der Waals surface area contributed by atoms with Crippen molar-refractivity contribution in [3.05, 3.63) is 0 Å². The smallest absolute Gasteiger partial charge is 0.0659 e. The predicted octanol–water partition coefficient (Wildman–Crippen LogP) is 1.13. The van der Waals surface area contributed by atoms with Crippen LogP contribution in [0.25, 0.3) is 0 Å². The first-order valence-corrected chi connectivity index (χ1v) is 6.84. The minimum atomic E-state index is -0.0857. The van der Waals surface area contributed by atoms with Crippen LogP contribution in [-0.4, -0.2) is 31.8 Å². The molecule has 3 heteroatoms. The molecule has 0 aromatic carbocycles. The Bertz CT molecular complexity index is 230. The fourth-order valence-electron chi connectivity index (χ4n) is 3.02. The van der Waals surface area contributed by atoms with E-state index in [4.69, 9.17) is 10.5 Å². The minimum Gasteiger partial charge on any atom is -0.379 e. The summed E-state index contributed by atoms with van der Waals surface area (Å²) in [6.45, 7) is 3.70. The minimum absolute atomic E-state index is 0.0857. The highest BCUT2D eigenvalue weighted by Gasteiger charge is 2.41. The molecule has 3 rings (SSSR count). The summed E-state index contributed by atoms with van der Waals surface area (Å²) in [6, 6.07) is 0. The first-order valence-electron chi connectivity index (χ1n) is 6.84. The van der Waals surface area contributed by atoms with E-state index in [0.29, 0.717) is 0 Å². The Morgan fingerprint density at radius 3 is 2.44 bits per heavy atom. The van der Waals surface area contributed by atoms with E-state index >= 15 is 0 Å². The first kappa shape index (κ1) is 11.0. The third kappa shape index (κ3) is 2.58. The van der Waals surface area contributed by atoms with Gasteiger partial charge in [0.25, 0.3) is 0 Å². The van der Waals surface area contributed by atoms with Gasteiger partial charge in [0.1, 0.15) is 0 Å². The fourth-order valence-corrected chi connectivity index (χ4v) is 3.02. The highest BCUT2D eigenvalue weighted by atomic mass is 16.5. The molecule has 0 spiro atoms. The molecule has 3 N–H and O–H groups in total. The van der Waals surface area contributed by atoms with Crippen LogP contribution in [0.2, 0.25) is 0 Å². The summed E-state index contributed by atoms with van der Waals surface area (Å²) in [7, 11) is 0. The van der Waals surface area contributed by atoms with Gasteiger partial charge in [-0.3, -0.25) is 0 Å². The van der Waals surface area contributed by atoms with E-state index in [9.17, 15) is 0 Å². The van der Waals surface area contributed by atoms with Crippen molar-refractivity contribution in [1.29, 1.82) is 0 Å². The normalized spacial score (nSPS) is 34.9. The zero-order valence-corrected chi connectivity index (χ0v) is 10.1. The summed E-state index contributed by atoms with van der Waals surface area (Å²) >= 11 is 0. The number of rotatable bonds is 6. The zero-order valence-electron chi connectivity index (χ0n) is 10.1. The lowest BCUT2D eigenvalue weighted by atomic mass is 9.96. The van der Waals surface area contributed by atoms with Gasteiger partial charge in [0.15, 0.2) is 0 Å². The van der Waals surface area contributed by atoms with Crippen LogP contribution in [-0.2, 0) is 4.74 Å². The zero-order chi connectivity index (χ0) is 11.0. The van der Waals surface area contributed by atoms with E-state index in [-0.39, 0.29) is 5.54 Å². The van der Waals surface area contributed by atoms with Crippen molar-refractivity contribution in [3.63, 3.8) is 0 Å². The molecule has 0 radical (unpaired) electrons. The standard InChI is InChI=1S/C13H24N2O/c14-13(5-6-16-9-13)8-15-7-12(10-1-2-10)11-3-4-11/h10-12,15H,1-9,14H2. The summed E-state index contributed by atoms with van der Waals surface area (Å²) in [5.41, 5.74) is 6.16. The second-order valence-electron chi connectivity index (χ2n) is 6.13. The Labute approximate surface area is 98.1 Å². The third-order valence-corrected chi connectivity index (χ3v) is 4.45. The number of hydrogen-bond donors (Lipinski definition) is 2. The van der Waals surface area contributed by atoms with E-state index in [1.54, 1.807) is 0 Å². The number of nitrogens with two attached hydrogens (primary N) is 1. The fraction of sp³-hybridized carbons (Fsp3) is 1.00. The van der Waals surface area contributed by atoms with Gasteiger partial charge in [-0.25, -0.2) is 0 Å². The van der Waals surface area contributed by atoms with Crippen LogP contribution in [0.5, 0.6) is 0 Å². The molecule has 0 bridgehead atoms. The lowest BCUT2D eigenvalue weighted by Gasteiger charge is -2.24. The molecule has 1 saturated heterocycles. The molecule has 92 valence electrons. The molecule has 1 heterocycles. The number of hydrogen-bond acceptors (Lipinski definition) is 3. The van der Waals surface area contributed by atoms with Gasteiger partial charge in [-0.15, -0.1) is 0 Å². The average Bonchev–Trinajstić information content (AvgIpc) is 3.16. The molecule has 0 amide bonds. The molecule has 3 fully saturated rings. The molecule has 2 aliphatic carbocycles. The largest absolute Gasteiger partial charge is 0.379 e. The Balaban J connectivity index is 1.41. The van der Waals surface area contributed by atoms with Crippen LogP contribution in [0.4, 0.5) is 0 Å². The first-order chi connectivity index (χ1) is 7.77. The van der Waals surface area contributed by atoms with Crippen LogP contribution in [0.1, 0.15) is 32.1 Å². The summed E-state index contributed by atoms with van der Waals surface area (Å²) in [6.07, 6.45) is 6.90. The van der Waals surface area contributed by atoms with E-state index in [1.807, 2.05) is 0 Å². The van der Waals surface area contributed by atoms with E-state index in [2.05, 4.69) is 5.32 Å².